The van der Waals surface area contributed by atoms with E-state index in [0.717, 1.165) is 37.7 Å². The predicted octanol–water partition coefficient (Wildman–Crippen LogP) is 7.22. The summed E-state index contributed by atoms with van der Waals surface area (Å²) in [6, 6.07) is 6.60. The topological polar surface area (TPSA) is 164 Å². The molecule has 12 heteroatoms. The molecule has 0 radical (unpaired) electrons. The molecule has 3 amide bonds. The Kier molecular flexibility index (Phi) is 18.8. The van der Waals surface area contributed by atoms with Crippen LogP contribution in [-0.2, 0) is 25.5 Å². The molecular weight excluding hydrogens is 667 g/mol. The molecule has 0 unspecified atom stereocenters. The molecule has 1 heterocycles. The highest BCUT2D eigenvalue weighted by Gasteiger charge is 2.34. The number of carboxylic acids is 1. The first kappa shape index (κ1) is 43.8. The highest BCUT2D eigenvalue weighted by Crippen LogP contribution is 2.32. The number of unbranched alkanes of at least 4 members (excludes halogenated alkanes) is 3. The molecule has 51 heavy (non-hydrogen) atoms. The third kappa shape index (κ3) is 14.7. The molecule has 0 fully saturated rings. The summed E-state index contributed by atoms with van der Waals surface area (Å²) in [5.41, 5.74) is 6.00. The predicted molar refractivity (Wildman–Crippen MR) is 205 cm³/mol. The number of nitrogens with zero attached hydrogens (tertiary/aromatic N) is 2. The summed E-state index contributed by atoms with van der Waals surface area (Å²) in [7, 11) is 0. The van der Waals surface area contributed by atoms with Crippen molar-refractivity contribution in [3.05, 3.63) is 45.9 Å². The Hall–Kier alpha value is -3.35. The maximum atomic E-state index is 13.7. The number of thiazole rings is 1. The summed E-state index contributed by atoms with van der Waals surface area (Å²) >= 11 is 1.36. The van der Waals surface area contributed by atoms with Crippen LogP contribution < -0.4 is 16.4 Å². The van der Waals surface area contributed by atoms with E-state index in [1.165, 1.54) is 11.3 Å². The van der Waals surface area contributed by atoms with Crippen LogP contribution in [0.3, 0.4) is 0 Å². The van der Waals surface area contributed by atoms with Crippen molar-refractivity contribution in [2.24, 2.45) is 23.0 Å². The Morgan fingerprint density at radius 1 is 1.04 bits per heavy atom. The van der Waals surface area contributed by atoms with E-state index in [2.05, 4.69) is 50.2 Å². The fourth-order valence-corrected chi connectivity index (χ4v) is 6.92. The van der Waals surface area contributed by atoms with Gasteiger partial charge in [0, 0.05) is 49.1 Å². The Bertz CT molecular complexity index is 1380. The van der Waals surface area contributed by atoms with E-state index in [1.807, 2.05) is 19.1 Å². The van der Waals surface area contributed by atoms with Crippen molar-refractivity contribution in [2.45, 2.75) is 131 Å². The number of carbonyl (C=O) groups excluding carboxylic acids is 3. The van der Waals surface area contributed by atoms with Gasteiger partial charge in [-0.2, -0.15) is 0 Å². The molecule has 0 bridgehead atoms. The molecule has 1 aromatic carbocycles. The number of benzene rings is 1. The molecule has 0 spiro atoms. The molecule has 286 valence electrons. The van der Waals surface area contributed by atoms with Crippen LogP contribution in [0.25, 0.3) is 0 Å². The summed E-state index contributed by atoms with van der Waals surface area (Å²) < 4.78 is 6.25. The monoisotopic (exact) mass is 729 g/mol. The van der Waals surface area contributed by atoms with E-state index >= 15 is 0 Å². The van der Waals surface area contributed by atoms with Gasteiger partial charge in [-0.25, -0.2) is 4.98 Å². The Balaban J connectivity index is 2.31. The smallest absolute Gasteiger partial charge is 0.309 e. The summed E-state index contributed by atoms with van der Waals surface area (Å²) in [4.78, 5) is 57.9. The lowest BCUT2D eigenvalue weighted by atomic mass is 9.84. The molecule has 1 aromatic heterocycles. The zero-order valence-corrected chi connectivity index (χ0v) is 32.9. The number of carbonyl (C=O) groups is 4. The summed E-state index contributed by atoms with van der Waals surface area (Å²) in [5, 5.41) is 18.0. The number of nitrogens with one attached hydrogen (secondary N) is 2. The second-order valence-corrected chi connectivity index (χ2v) is 15.5. The van der Waals surface area contributed by atoms with Gasteiger partial charge in [-0.1, -0.05) is 72.4 Å². The minimum Gasteiger partial charge on any atom is -0.481 e. The van der Waals surface area contributed by atoms with E-state index in [-0.39, 0.29) is 42.4 Å². The molecule has 2 aromatic rings. The molecule has 11 nitrogen and oxygen atoms in total. The lowest BCUT2D eigenvalue weighted by Gasteiger charge is -2.37. The van der Waals surface area contributed by atoms with Crippen molar-refractivity contribution in [2.75, 3.05) is 25.0 Å². The molecule has 0 aliphatic heterocycles. The van der Waals surface area contributed by atoms with Gasteiger partial charge in [-0.3, -0.25) is 19.2 Å². The van der Waals surface area contributed by atoms with Gasteiger partial charge in [-0.05, 0) is 69.6 Å². The van der Waals surface area contributed by atoms with E-state index in [4.69, 9.17) is 15.5 Å². The second kappa shape index (κ2) is 21.9. The zero-order chi connectivity index (χ0) is 38.1. The average molecular weight is 730 g/mol. The molecule has 4 atom stereocenters. The number of hydrogen-bond acceptors (Lipinski definition) is 8. The molecule has 0 saturated carbocycles. The van der Waals surface area contributed by atoms with E-state index < -0.39 is 29.4 Å². The Morgan fingerprint density at radius 3 is 2.29 bits per heavy atom. The van der Waals surface area contributed by atoms with Crippen LogP contribution in [0.2, 0.25) is 0 Å². The largest absolute Gasteiger partial charge is 0.481 e. The quantitative estimate of drug-likeness (QED) is 0.0823. The van der Waals surface area contributed by atoms with Crippen molar-refractivity contribution < 1.29 is 29.0 Å². The second-order valence-electron chi connectivity index (χ2n) is 14.6. The zero-order valence-electron chi connectivity index (χ0n) is 32.1. The number of ether oxygens (including phenoxy) is 1. The van der Waals surface area contributed by atoms with Crippen molar-refractivity contribution in [1.82, 2.24) is 15.2 Å². The van der Waals surface area contributed by atoms with E-state index in [1.54, 1.807) is 31.4 Å². The average Bonchev–Trinajstić information content (AvgIpc) is 3.58. The third-order valence-electron chi connectivity index (χ3n) is 9.39. The molecule has 5 N–H and O–H groups in total. The van der Waals surface area contributed by atoms with Gasteiger partial charge >= 0.3 is 5.97 Å². The number of rotatable bonds is 24. The van der Waals surface area contributed by atoms with Crippen LogP contribution in [0, 0.1) is 17.3 Å². The number of aromatic nitrogens is 1. The van der Waals surface area contributed by atoms with Crippen molar-refractivity contribution in [3.8, 4) is 0 Å². The van der Waals surface area contributed by atoms with Crippen molar-refractivity contribution >= 4 is 40.7 Å². The third-order valence-corrected chi connectivity index (χ3v) is 10.3. The highest BCUT2D eigenvalue weighted by molar-refractivity contribution is 7.09. The SMILES string of the molecule is CCCCCCN(C(=O)C[C@@H](C)CC)[C@H](C[C@@H](OCC)c1nc(C(=O)N[C@@H](Cc2ccc(NC(=O)CN)cc2)CC(C)(C)C(=O)O)cs1)C(C)C. The molecule has 0 aliphatic carbocycles. The molecule has 0 aliphatic rings. The fourth-order valence-electron chi connectivity index (χ4n) is 6.06. The standard InChI is InChI=1S/C39H63N5O6S/c1-9-12-13-14-19-44(35(46)20-27(6)10-2)32(26(4)5)22-33(50-11-3)37-43-31(25-51-37)36(47)42-30(23-39(7,8)38(48)49)21-28-15-17-29(18-16-28)41-34(45)24-40/h15-18,25-27,30,32-33H,9-14,19-24,40H2,1-8H3,(H,41,45)(H,42,47)(H,48,49)/t27-,30-,32+,33+/m0/s1. The minimum atomic E-state index is -1.10. The fraction of sp³-hybridized carbons (Fsp3) is 0.667. The Morgan fingerprint density at radius 2 is 1.73 bits per heavy atom. The van der Waals surface area contributed by atoms with Crippen LogP contribution in [0.15, 0.2) is 29.6 Å². The first-order valence-corrected chi connectivity index (χ1v) is 19.5. The van der Waals surface area contributed by atoms with Crippen LogP contribution >= 0.6 is 11.3 Å². The summed E-state index contributed by atoms with van der Waals surface area (Å²) in [5.74, 6) is -0.989. The van der Waals surface area contributed by atoms with Gasteiger partial charge in [0.15, 0.2) is 0 Å². The van der Waals surface area contributed by atoms with Gasteiger partial charge in [0.2, 0.25) is 11.8 Å². The first-order chi connectivity index (χ1) is 24.1. The van der Waals surface area contributed by atoms with Gasteiger partial charge in [0.1, 0.15) is 16.8 Å². The number of hydrogen-bond donors (Lipinski definition) is 4. The number of anilines is 1. The lowest BCUT2D eigenvalue weighted by Crippen LogP contribution is -2.45. The van der Waals surface area contributed by atoms with Crippen molar-refractivity contribution in [1.29, 1.82) is 0 Å². The normalized spacial score (nSPS) is 14.1. The molecule has 2 rings (SSSR count). The maximum absolute atomic E-state index is 13.7. The summed E-state index contributed by atoms with van der Waals surface area (Å²) in [6.45, 7) is 17.0. The molecular formula is C39H63N5O6S. The number of aliphatic carboxylic acids is 1. The van der Waals surface area contributed by atoms with E-state index in [9.17, 15) is 24.3 Å². The highest BCUT2D eigenvalue weighted by atomic mass is 32.1. The number of nitrogens with two attached hydrogens (primary N) is 1. The molecule has 0 saturated heterocycles. The number of carboxylic acid groups (broad SMARTS) is 1. The van der Waals surface area contributed by atoms with Gasteiger partial charge in [0.25, 0.3) is 5.91 Å². The van der Waals surface area contributed by atoms with E-state index in [0.29, 0.717) is 49.0 Å². The lowest BCUT2D eigenvalue weighted by molar-refractivity contribution is -0.147. The van der Waals surface area contributed by atoms with Crippen LogP contribution in [0.4, 0.5) is 5.69 Å². The van der Waals surface area contributed by atoms with Gasteiger partial charge < -0.3 is 31.1 Å². The van der Waals surface area contributed by atoms with Crippen LogP contribution in [0.5, 0.6) is 0 Å². The Labute approximate surface area is 309 Å². The van der Waals surface area contributed by atoms with Crippen LogP contribution in [0.1, 0.15) is 134 Å². The van der Waals surface area contributed by atoms with Gasteiger partial charge in [-0.15, -0.1) is 11.3 Å². The van der Waals surface area contributed by atoms with Gasteiger partial charge in [0.05, 0.1) is 12.0 Å². The summed E-state index contributed by atoms with van der Waals surface area (Å²) in [6.07, 6.45) is 6.50. The number of amides is 3. The maximum Gasteiger partial charge on any atom is 0.309 e. The minimum absolute atomic E-state index is 0.0569. The van der Waals surface area contributed by atoms with Crippen molar-refractivity contribution in [3.63, 3.8) is 0 Å². The van der Waals surface area contributed by atoms with Crippen LogP contribution in [-0.4, -0.2) is 70.5 Å². The first-order valence-electron chi connectivity index (χ1n) is 18.6.